The van der Waals surface area contributed by atoms with E-state index in [9.17, 15) is 4.79 Å². The monoisotopic (exact) mass is 302 g/mol. The third kappa shape index (κ3) is 4.36. The fourth-order valence-electron chi connectivity index (χ4n) is 1.87. The van der Waals surface area contributed by atoms with E-state index in [2.05, 4.69) is 0 Å². The van der Waals surface area contributed by atoms with Crippen LogP contribution in [0.3, 0.4) is 0 Å². The lowest BCUT2D eigenvalue weighted by Gasteiger charge is -2.10. The van der Waals surface area contributed by atoms with Crippen molar-refractivity contribution < 1.29 is 14.6 Å². The fourth-order valence-corrected chi connectivity index (χ4v) is 2.16. The van der Waals surface area contributed by atoms with E-state index >= 15 is 0 Å². The van der Waals surface area contributed by atoms with Gasteiger partial charge < -0.3 is 9.84 Å². The van der Waals surface area contributed by atoms with E-state index in [-0.39, 0.29) is 0 Å². The van der Waals surface area contributed by atoms with Gasteiger partial charge in [-0.1, -0.05) is 41.9 Å². The zero-order valence-corrected chi connectivity index (χ0v) is 12.3. The molecule has 0 spiro atoms. The molecular formula is C17H15ClO3. The second-order valence-corrected chi connectivity index (χ2v) is 5.00. The van der Waals surface area contributed by atoms with Crippen molar-refractivity contribution in [3.8, 4) is 5.75 Å². The van der Waals surface area contributed by atoms with Crippen molar-refractivity contribution in [2.45, 2.75) is 13.5 Å². The molecule has 0 bridgehead atoms. The van der Waals surface area contributed by atoms with Gasteiger partial charge in [-0.3, -0.25) is 0 Å². The second-order valence-electron chi connectivity index (χ2n) is 4.59. The van der Waals surface area contributed by atoms with Crippen LogP contribution in [-0.4, -0.2) is 11.1 Å². The number of aryl methyl sites for hydroxylation is 1. The highest BCUT2D eigenvalue weighted by Crippen LogP contribution is 2.26. The summed E-state index contributed by atoms with van der Waals surface area (Å²) in [6.45, 7) is 2.28. The lowest BCUT2D eigenvalue weighted by Crippen LogP contribution is -1.98. The third-order valence-corrected chi connectivity index (χ3v) is 3.23. The van der Waals surface area contributed by atoms with Crippen LogP contribution in [0.1, 0.15) is 16.7 Å². The van der Waals surface area contributed by atoms with E-state index in [4.69, 9.17) is 21.4 Å². The Kier molecular flexibility index (Phi) is 5.01. The van der Waals surface area contributed by atoms with Crippen LogP contribution in [-0.2, 0) is 11.4 Å². The zero-order chi connectivity index (χ0) is 15.2. The summed E-state index contributed by atoms with van der Waals surface area (Å²) in [5.74, 6) is -0.369. The molecule has 0 saturated heterocycles. The molecule has 0 radical (unpaired) electrons. The smallest absolute Gasteiger partial charge is 0.328 e. The van der Waals surface area contributed by atoms with Crippen LogP contribution in [0, 0.1) is 6.92 Å². The number of carbonyl (C=O) groups is 1. The van der Waals surface area contributed by atoms with Crippen LogP contribution in [0.4, 0.5) is 0 Å². The molecule has 0 aliphatic heterocycles. The molecule has 0 fully saturated rings. The molecule has 0 aliphatic carbocycles. The highest BCUT2D eigenvalue weighted by Gasteiger charge is 2.04. The Balaban J connectivity index is 2.14. The topological polar surface area (TPSA) is 46.5 Å². The zero-order valence-electron chi connectivity index (χ0n) is 11.5. The molecule has 0 heterocycles. The molecule has 108 valence electrons. The number of carboxylic acid groups (broad SMARTS) is 1. The Bertz CT molecular complexity index is 677. The van der Waals surface area contributed by atoms with Gasteiger partial charge in [-0.15, -0.1) is 0 Å². The minimum atomic E-state index is -0.979. The maximum absolute atomic E-state index is 10.6. The molecule has 0 atom stereocenters. The van der Waals surface area contributed by atoms with Crippen LogP contribution < -0.4 is 4.74 Å². The summed E-state index contributed by atoms with van der Waals surface area (Å²) in [5.41, 5.74) is 2.77. The highest BCUT2D eigenvalue weighted by atomic mass is 35.5. The molecule has 2 rings (SSSR count). The first-order chi connectivity index (χ1) is 10.1. The van der Waals surface area contributed by atoms with Crippen molar-refractivity contribution in [2.75, 3.05) is 0 Å². The van der Waals surface area contributed by atoms with Gasteiger partial charge in [0.15, 0.2) is 0 Å². The number of hydrogen-bond acceptors (Lipinski definition) is 2. The summed E-state index contributed by atoms with van der Waals surface area (Å²) in [5, 5.41) is 9.26. The molecule has 1 N–H and O–H groups in total. The number of halogens is 1. The molecule has 0 amide bonds. The average molecular weight is 303 g/mol. The molecule has 2 aromatic rings. The molecule has 0 aliphatic rings. The van der Waals surface area contributed by atoms with E-state index < -0.39 is 5.97 Å². The van der Waals surface area contributed by atoms with Gasteiger partial charge in [0, 0.05) is 6.08 Å². The van der Waals surface area contributed by atoms with Crippen LogP contribution in [0.15, 0.2) is 48.5 Å². The van der Waals surface area contributed by atoms with E-state index in [0.717, 1.165) is 22.8 Å². The van der Waals surface area contributed by atoms with E-state index in [0.29, 0.717) is 17.4 Å². The summed E-state index contributed by atoms with van der Waals surface area (Å²) >= 11 is 6.12. The van der Waals surface area contributed by atoms with E-state index in [1.807, 2.05) is 49.4 Å². The summed E-state index contributed by atoms with van der Waals surface area (Å²) in [7, 11) is 0. The lowest BCUT2D eigenvalue weighted by atomic mass is 10.1. The first-order valence-electron chi connectivity index (χ1n) is 6.44. The van der Waals surface area contributed by atoms with Gasteiger partial charge in [-0.05, 0) is 41.8 Å². The van der Waals surface area contributed by atoms with Crippen LogP contribution in [0.5, 0.6) is 5.75 Å². The number of ether oxygens (including phenoxy) is 1. The van der Waals surface area contributed by atoms with E-state index in [1.165, 1.54) is 0 Å². The number of aliphatic carboxylic acids is 1. The predicted molar refractivity (Wildman–Crippen MR) is 83.6 cm³/mol. The molecule has 2 aromatic carbocycles. The first kappa shape index (κ1) is 15.1. The summed E-state index contributed by atoms with van der Waals surface area (Å²) in [6.07, 6.45) is 2.66. The quantitative estimate of drug-likeness (QED) is 0.836. The summed E-state index contributed by atoms with van der Waals surface area (Å²) in [6, 6.07) is 13.1. The maximum Gasteiger partial charge on any atom is 0.328 e. The van der Waals surface area contributed by atoms with Crippen molar-refractivity contribution in [3.63, 3.8) is 0 Å². The third-order valence-electron chi connectivity index (χ3n) is 2.93. The Morgan fingerprint density at radius 3 is 2.76 bits per heavy atom. The van der Waals surface area contributed by atoms with Gasteiger partial charge in [-0.2, -0.15) is 0 Å². The van der Waals surface area contributed by atoms with Gasteiger partial charge in [0.1, 0.15) is 12.4 Å². The second kappa shape index (κ2) is 6.95. The fraction of sp³-hybridized carbons (Fsp3) is 0.118. The average Bonchev–Trinajstić information content (AvgIpc) is 2.45. The molecule has 0 unspecified atom stereocenters. The lowest BCUT2D eigenvalue weighted by molar-refractivity contribution is -0.131. The van der Waals surface area contributed by atoms with Crippen molar-refractivity contribution >= 4 is 23.6 Å². The van der Waals surface area contributed by atoms with Gasteiger partial charge in [0.25, 0.3) is 0 Å². The standard InChI is InChI=1S/C17H15ClO3/c1-12-6-8-16(15(18)10-12)21-11-14-5-3-2-4-13(14)7-9-17(19)20/h2-10H,11H2,1H3,(H,19,20). The molecule has 0 aromatic heterocycles. The number of carboxylic acids is 1. The van der Waals surface area contributed by atoms with Crippen LogP contribution in [0.2, 0.25) is 5.02 Å². The molecule has 21 heavy (non-hydrogen) atoms. The van der Waals surface area contributed by atoms with Gasteiger partial charge >= 0.3 is 5.97 Å². The van der Waals surface area contributed by atoms with E-state index in [1.54, 1.807) is 6.08 Å². The Morgan fingerprint density at radius 2 is 2.05 bits per heavy atom. The van der Waals surface area contributed by atoms with Gasteiger partial charge in [0.05, 0.1) is 5.02 Å². The Hall–Kier alpha value is -2.26. The van der Waals surface area contributed by atoms with Crippen LogP contribution >= 0.6 is 11.6 Å². The van der Waals surface area contributed by atoms with Crippen molar-refractivity contribution in [3.05, 3.63) is 70.3 Å². The molecule has 4 heteroatoms. The molecule has 3 nitrogen and oxygen atoms in total. The highest BCUT2D eigenvalue weighted by molar-refractivity contribution is 6.32. The van der Waals surface area contributed by atoms with Gasteiger partial charge in [0.2, 0.25) is 0 Å². The van der Waals surface area contributed by atoms with Crippen molar-refractivity contribution in [1.82, 2.24) is 0 Å². The summed E-state index contributed by atoms with van der Waals surface area (Å²) < 4.78 is 5.71. The SMILES string of the molecule is Cc1ccc(OCc2ccccc2C=CC(=O)O)c(Cl)c1. The van der Waals surface area contributed by atoms with Crippen LogP contribution in [0.25, 0.3) is 6.08 Å². The minimum Gasteiger partial charge on any atom is -0.487 e. The normalized spacial score (nSPS) is 10.8. The number of benzene rings is 2. The first-order valence-corrected chi connectivity index (χ1v) is 6.82. The maximum atomic E-state index is 10.6. The largest absolute Gasteiger partial charge is 0.487 e. The number of rotatable bonds is 5. The Morgan fingerprint density at radius 1 is 1.29 bits per heavy atom. The molecular weight excluding hydrogens is 288 g/mol. The van der Waals surface area contributed by atoms with Crippen molar-refractivity contribution in [1.29, 1.82) is 0 Å². The van der Waals surface area contributed by atoms with Crippen molar-refractivity contribution in [2.24, 2.45) is 0 Å². The summed E-state index contributed by atoms with van der Waals surface area (Å²) in [4.78, 5) is 10.6. The number of hydrogen-bond donors (Lipinski definition) is 1. The Labute approximate surface area is 128 Å². The van der Waals surface area contributed by atoms with Gasteiger partial charge in [-0.25, -0.2) is 4.79 Å². The molecule has 0 saturated carbocycles. The predicted octanol–water partition coefficient (Wildman–Crippen LogP) is 4.33. The minimum absolute atomic E-state index is 0.322.